The second kappa shape index (κ2) is 7.46. The summed E-state index contributed by atoms with van der Waals surface area (Å²) < 4.78 is 5.56. The van der Waals surface area contributed by atoms with Crippen molar-refractivity contribution in [3.8, 4) is 0 Å². The first-order valence-electron chi connectivity index (χ1n) is 7.80. The van der Waals surface area contributed by atoms with Crippen molar-refractivity contribution in [3.05, 3.63) is 29.8 Å². The summed E-state index contributed by atoms with van der Waals surface area (Å²) in [5.41, 5.74) is 1.68. The fourth-order valence-electron chi connectivity index (χ4n) is 2.85. The molecular weight excluding hydrogens is 264 g/mol. The Hall–Kier alpha value is -1.55. The van der Waals surface area contributed by atoms with E-state index in [0.717, 1.165) is 18.5 Å². The number of methoxy groups -OCH3 is 1. The van der Waals surface area contributed by atoms with E-state index in [9.17, 15) is 4.79 Å². The SMILES string of the molecule is COC1CCCCC1Nc1cccc(C(=O)NC(C)C)c1. The first-order chi connectivity index (χ1) is 10.1. The molecule has 0 aliphatic heterocycles. The van der Waals surface area contributed by atoms with E-state index in [2.05, 4.69) is 10.6 Å². The summed E-state index contributed by atoms with van der Waals surface area (Å²) in [5, 5.41) is 6.44. The molecule has 0 saturated heterocycles. The van der Waals surface area contributed by atoms with Gasteiger partial charge in [0, 0.05) is 24.4 Å². The second-order valence-corrected chi connectivity index (χ2v) is 6.02. The van der Waals surface area contributed by atoms with Gasteiger partial charge in [-0.1, -0.05) is 18.9 Å². The Morgan fingerprint density at radius 3 is 2.76 bits per heavy atom. The minimum atomic E-state index is -0.0272. The summed E-state index contributed by atoms with van der Waals surface area (Å²) in [6.45, 7) is 3.93. The maximum atomic E-state index is 12.1. The van der Waals surface area contributed by atoms with E-state index in [0.29, 0.717) is 11.6 Å². The number of nitrogens with one attached hydrogen (secondary N) is 2. The van der Waals surface area contributed by atoms with Crippen molar-refractivity contribution in [2.45, 2.75) is 57.7 Å². The number of ether oxygens (including phenoxy) is 1. The van der Waals surface area contributed by atoms with Crippen LogP contribution in [0.15, 0.2) is 24.3 Å². The third kappa shape index (κ3) is 4.46. The maximum Gasteiger partial charge on any atom is 0.251 e. The Labute approximate surface area is 127 Å². The molecule has 0 aromatic heterocycles. The maximum absolute atomic E-state index is 12.1. The van der Waals surface area contributed by atoms with E-state index in [-0.39, 0.29) is 18.1 Å². The first kappa shape index (κ1) is 15.8. The molecule has 2 N–H and O–H groups in total. The highest BCUT2D eigenvalue weighted by molar-refractivity contribution is 5.95. The van der Waals surface area contributed by atoms with Crippen LogP contribution in [0.2, 0.25) is 0 Å². The molecule has 1 aliphatic carbocycles. The van der Waals surface area contributed by atoms with E-state index >= 15 is 0 Å². The lowest BCUT2D eigenvalue weighted by Crippen LogP contribution is -2.37. The molecule has 4 nitrogen and oxygen atoms in total. The van der Waals surface area contributed by atoms with Crippen LogP contribution in [0.25, 0.3) is 0 Å². The molecule has 2 atom stereocenters. The summed E-state index contributed by atoms with van der Waals surface area (Å²) in [4.78, 5) is 12.1. The normalized spacial score (nSPS) is 22.1. The molecule has 4 heteroatoms. The van der Waals surface area contributed by atoms with Crippen LogP contribution in [0.4, 0.5) is 5.69 Å². The molecule has 2 rings (SSSR count). The highest BCUT2D eigenvalue weighted by atomic mass is 16.5. The van der Waals surface area contributed by atoms with Crippen LogP contribution in [0, 0.1) is 0 Å². The highest BCUT2D eigenvalue weighted by Gasteiger charge is 2.24. The molecule has 1 aromatic rings. The van der Waals surface area contributed by atoms with Crippen molar-refractivity contribution in [3.63, 3.8) is 0 Å². The molecule has 0 spiro atoms. The van der Waals surface area contributed by atoms with E-state index in [1.807, 2.05) is 38.1 Å². The fraction of sp³-hybridized carbons (Fsp3) is 0.588. The number of amides is 1. The Morgan fingerprint density at radius 2 is 2.05 bits per heavy atom. The number of anilines is 1. The number of hydrogen-bond acceptors (Lipinski definition) is 3. The van der Waals surface area contributed by atoms with Gasteiger partial charge >= 0.3 is 0 Å². The van der Waals surface area contributed by atoms with E-state index in [1.165, 1.54) is 12.8 Å². The van der Waals surface area contributed by atoms with E-state index < -0.39 is 0 Å². The second-order valence-electron chi connectivity index (χ2n) is 6.02. The lowest BCUT2D eigenvalue weighted by Gasteiger charge is -2.31. The minimum Gasteiger partial charge on any atom is -0.380 e. The largest absolute Gasteiger partial charge is 0.380 e. The number of carbonyl (C=O) groups excluding carboxylic acids is 1. The monoisotopic (exact) mass is 290 g/mol. The van der Waals surface area contributed by atoms with Crippen molar-refractivity contribution in [2.24, 2.45) is 0 Å². The topological polar surface area (TPSA) is 50.4 Å². The zero-order valence-electron chi connectivity index (χ0n) is 13.2. The van der Waals surface area contributed by atoms with Crippen LogP contribution in [0.5, 0.6) is 0 Å². The van der Waals surface area contributed by atoms with Crippen LogP contribution < -0.4 is 10.6 Å². The first-order valence-corrected chi connectivity index (χ1v) is 7.80. The molecule has 2 unspecified atom stereocenters. The van der Waals surface area contributed by atoms with Crippen LogP contribution in [-0.2, 0) is 4.74 Å². The highest BCUT2D eigenvalue weighted by Crippen LogP contribution is 2.24. The standard InChI is InChI=1S/C17H26N2O2/c1-12(2)18-17(20)13-7-6-8-14(11-13)19-15-9-4-5-10-16(15)21-3/h6-8,11-12,15-16,19H,4-5,9-10H2,1-3H3,(H,18,20). The third-order valence-corrected chi connectivity index (χ3v) is 3.90. The van der Waals surface area contributed by atoms with Crippen LogP contribution in [0.1, 0.15) is 49.9 Å². The van der Waals surface area contributed by atoms with Gasteiger partial charge in [0.15, 0.2) is 0 Å². The smallest absolute Gasteiger partial charge is 0.251 e. The molecular formula is C17H26N2O2. The van der Waals surface area contributed by atoms with Gasteiger partial charge in [0.2, 0.25) is 0 Å². The van der Waals surface area contributed by atoms with Crippen molar-refractivity contribution in [2.75, 3.05) is 12.4 Å². The zero-order valence-corrected chi connectivity index (χ0v) is 13.2. The Balaban J connectivity index is 2.05. The molecule has 1 fully saturated rings. The van der Waals surface area contributed by atoms with Crippen molar-refractivity contribution in [1.82, 2.24) is 5.32 Å². The number of rotatable bonds is 5. The molecule has 1 amide bonds. The number of carbonyl (C=O) groups is 1. The lowest BCUT2D eigenvalue weighted by atomic mass is 9.92. The molecule has 21 heavy (non-hydrogen) atoms. The van der Waals surface area contributed by atoms with Gasteiger partial charge in [-0.25, -0.2) is 0 Å². The van der Waals surface area contributed by atoms with Gasteiger partial charge in [0.25, 0.3) is 5.91 Å². The van der Waals surface area contributed by atoms with Gasteiger partial charge < -0.3 is 15.4 Å². The van der Waals surface area contributed by atoms with Crippen molar-refractivity contribution < 1.29 is 9.53 Å². The van der Waals surface area contributed by atoms with E-state index in [4.69, 9.17) is 4.74 Å². The Kier molecular flexibility index (Phi) is 5.62. The molecule has 1 aliphatic rings. The zero-order chi connectivity index (χ0) is 15.2. The molecule has 1 saturated carbocycles. The number of benzene rings is 1. The quantitative estimate of drug-likeness (QED) is 0.875. The average molecular weight is 290 g/mol. The molecule has 0 bridgehead atoms. The van der Waals surface area contributed by atoms with Crippen LogP contribution in [0.3, 0.4) is 0 Å². The summed E-state index contributed by atoms with van der Waals surface area (Å²) in [7, 11) is 1.77. The third-order valence-electron chi connectivity index (χ3n) is 3.90. The van der Waals surface area contributed by atoms with Gasteiger partial charge in [-0.05, 0) is 44.9 Å². The Morgan fingerprint density at radius 1 is 1.29 bits per heavy atom. The van der Waals surface area contributed by atoms with Crippen molar-refractivity contribution >= 4 is 11.6 Å². The summed E-state index contributed by atoms with van der Waals surface area (Å²) in [5.74, 6) is -0.0272. The van der Waals surface area contributed by atoms with Gasteiger partial charge in [-0.15, -0.1) is 0 Å². The summed E-state index contributed by atoms with van der Waals surface area (Å²) in [6.07, 6.45) is 4.92. The van der Waals surface area contributed by atoms with Gasteiger partial charge in [0.1, 0.15) is 0 Å². The molecule has 1 aromatic carbocycles. The fourth-order valence-corrected chi connectivity index (χ4v) is 2.85. The predicted molar refractivity (Wildman–Crippen MR) is 85.7 cm³/mol. The van der Waals surface area contributed by atoms with Crippen molar-refractivity contribution in [1.29, 1.82) is 0 Å². The van der Waals surface area contributed by atoms with Gasteiger partial charge in [0.05, 0.1) is 12.1 Å². The lowest BCUT2D eigenvalue weighted by molar-refractivity contribution is 0.0606. The van der Waals surface area contributed by atoms with E-state index in [1.54, 1.807) is 7.11 Å². The Bertz CT molecular complexity index is 474. The molecule has 0 radical (unpaired) electrons. The van der Waals surface area contributed by atoms with Crippen LogP contribution in [-0.4, -0.2) is 31.2 Å². The predicted octanol–water partition coefficient (Wildman–Crippen LogP) is 3.19. The summed E-state index contributed by atoms with van der Waals surface area (Å²) in [6, 6.07) is 8.16. The van der Waals surface area contributed by atoms with Gasteiger partial charge in [-0.3, -0.25) is 4.79 Å². The molecule has 116 valence electrons. The molecule has 0 heterocycles. The van der Waals surface area contributed by atoms with Crippen LogP contribution >= 0.6 is 0 Å². The number of hydrogen-bond donors (Lipinski definition) is 2. The summed E-state index contributed by atoms with van der Waals surface area (Å²) >= 11 is 0. The van der Waals surface area contributed by atoms with Gasteiger partial charge in [-0.2, -0.15) is 0 Å². The average Bonchev–Trinajstić information content (AvgIpc) is 2.47. The minimum absolute atomic E-state index is 0.0272.